The lowest BCUT2D eigenvalue weighted by Crippen LogP contribution is -2.23. The van der Waals surface area contributed by atoms with E-state index in [2.05, 4.69) is 4.72 Å². The Kier molecular flexibility index (Phi) is 4.72. The molecule has 3 nitrogen and oxygen atoms in total. The second-order valence-electron chi connectivity index (χ2n) is 5.61. The van der Waals surface area contributed by atoms with Crippen LogP contribution in [-0.4, -0.2) is 8.42 Å². The minimum Gasteiger partial charge on any atom is -0.207 e. The van der Waals surface area contributed by atoms with Crippen molar-refractivity contribution in [2.45, 2.75) is 17.6 Å². The first-order chi connectivity index (χ1) is 12.2. The number of fused-ring (bicyclic) bond motifs is 1. The molecule has 0 heterocycles. The third-order valence-electron chi connectivity index (χ3n) is 3.84. The van der Waals surface area contributed by atoms with E-state index < -0.39 is 27.6 Å². The van der Waals surface area contributed by atoms with Crippen LogP contribution in [0.1, 0.15) is 11.1 Å². The minimum atomic E-state index is -4.80. The predicted molar refractivity (Wildman–Crippen MR) is 89.4 cm³/mol. The molecule has 8 heteroatoms. The van der Waals surface area contributed by atoms with E-state index in [9.17, 15) is 26.0 Å². The van der Waals surface area contributed by atoms with Crippen LogP contribution in [0.3, 0.4) is 0 Å². The van der Waals surface area contributed by atoms with E-state index in [1.54, 1.807) is 36.4 Å². The maximum Gasteiger partial charge on any atom is 0.419 e. The Hall–Kier alpha value is -2.45. The van der Waals surface area contributed by atoms with Gasteiger partial charge in [-0.15, -0.1) is 0 Å². The van der Waals surface area contributed by atoms with E-state index in [0.717, 1.165) is 11.5 Å². The van der Waals surface area contributed by atoms with Gasteiger partial charge in [0.1, 0.15) is 5.82 Å². The average molecular weight is 383 g/mol. The number of halogens is 4. The second-order valence-corrected chi connectivity index (χ2v) is 7.35. The monoisotopic (exact) mass is 383 g/mol. The summed E-state index contributed by atoms with van der Waals surface area (Å²) in [5, 5.41) is 1.25. The Labute approximate surface area is 147 Å². The average Bonchev–Trinajstić information content (AvgIpc) is 2.58. The Morgan fingerprint density at radius 2 is 1.62 bits per heavy atom. The summed E-state index contributed by atoms with van der Waals surface area (Å²) >= 11 is 0. The van der Waals surface area contributed by atoms with Crippen molar-refractivity contribution in [3.05, 3.63) is 77.6 Å². The van der Waals surface area contributed by atoms with E-state index >= 15 is 0 Å². The van der Waals surface area contributed by atoms with Gasteiger partial charge in [0.2, 0.25) is 10.0 Å². The fraction of sp³-hybridized carbons (Fsp3) is 0.111. The van der Waals surface area contributed by atoms with Crippen molar-refractivity contribution in [2.75, 3.05) is 0 Å². The largest absolute Gasteiger partial charge is 0.419 e. The molecule has 1 N–H and O–H groups in total. The van der Waals surface area contributed by atoms with Crippen LogP contribution in [0.5, 0.6) is 0 Å². The Morgan fingerprint density at radius 3 is 2.31 bits per heavy atom. The molecule has 0 aromatic heterocycles. The Bertz CT molecular complexity index is 1060. The standard InChI is InChI=1S/C18H13F4NO2S/c19-16-10-12(8-9-15(16)18(20,21)22)11-23-26(24,25)17-7-3-5-13-4-1-2-6-14(13)17/h1-10,23H,11H2. The van der Waals surface area contributed by atoms with Crippen LogP contribution in [0.4, 0.5) is 17.6 Å². The zero-order chi connectivity index (χ0) is 18.9. The number of rotatable bonds is 4. The first kappa shape index (κ1) is 18.3. The molecule has 0 aliphatic heterocycles. The molecule has 136 valence electrons. The zero-order valence-corrected chi connectivity index (χ0v) is 14.0. The van der Waals surface area contributed by atoms with Gasteiger partial charge in [-0.1, -0.05) is 42.5 Å². The number of hydrogen-bond donors (Lipinski definition) is 1. The third kappa shape index (κ3) is 3.71. The highest BCUT2D eigenvalue weighted by Gasteiger charge is 2.33. The summed E-state index contributed by atoms with van der Waals surface area (Å²) in [5.41, 5.74) is -1.31. The van der Waals surface area contributed by atoms with Crippen LogP contribution >= 0.6 is 0 Å². The Morgan fingerprint density at radius 1 is 0.923 bits per heavy atom. The molecule has 0 spiro atoms. The first-order valence-corrected chi connectivity index (χ1v) is 9.00. The van der Waals surface area contributed by atoms with Crippen LogP contribution < -0.4 is 4.72 Å². The van der Waals surface area contributed by atoms with Crippen LogP contribution in [0.15, 0.2) is 65.6 Å². The SMILES string of the molecule is O=S(=O)(NCc1ccc(C(F)(F)F)c(F)c1)c1cccc2ccccc12. The van der Waals surface area contributed by atoms with Gasteiger partial charge in [-0.3, -0.25) is 0 Å². The van der Waals surface area contributed by atoms with Gasteiger partial charge < -0.3 is 0 Å². The minimum absolute atomic E-state index is 0.0444. The molecule has 0 atom stereocenters. The number of nitrogens with one attached hydrogen (secondary N) is 1. The molecule has 0 saturated carbocycles. The summed E-state index contributed by atoms with van der Waals surface area (Å²) in [6.07, 6.45) is -4.80. The molecule has 0 amide bonds. The van der Waals surface area contributed by atoms with Crippen molar-refractivity contribution < 1.29 is 26.0 Å². The van der Waals surface area contributed by atoms with Crippen molar-refractivity contribution in [3.63, 3.8) is 0 Å². The molecule has 0 aliphatic rings. The van der Waals surface area contributed by atoms with E-state index in [1.807, 2.05) is 0 Å². The molecule has 0 aliphatic carbocycles. The molecule has 0 saturated heterocycles. The second kappa shape index (κ2) is 6.69. The predicted octanol–water partition coefficient (Wildman–Crippen LogP) is 4.48. The van der Waals surface area contributed by atoms with Crippen molar-refractivity contribution in [1.82, 2.24) is 4.72 Å². The van der Waals surface area contributed by atoms with Crippen molar-refractivity contribution >= 4 is 20.8 Å². The van der Waals surface area contributed by atoms with Crippen LogP contribution in [0.2, 0.25) is 0 Å². The highest BCUT2D eigenvalue weighted by molar-refractivity contribution is 7.89. The van der Waals surface area contributed by atoms with Gasteiger partial charge in [0, 0.05) is 11.9 Å². The topological polar surface area (TPSA) is 46.2 Å². The smallest absolute Gasteiger partial charge is 0.207 e. The summed E-state index contributed by atoms with van der Waals surface area (Å²) in [6.45, 7) is -0.333. The van der Waals surface area contributed by atoms with Gasteiger partial charge in [-0.2, -0.15) is 13.2 Å². The van der Waals surface area contributed by atoms with Gasteiger partial charge in [-0.25, -0.2) is 17.5 Å². The Balaban J connectivity index is 1.86. The molecule has 3 rings (SSSR count). The number of benzene rings is 3. The maximum atomic E-state index is 13.6. The van der Waals surface area contributed by atoms with Gasteiger partial charge in [0.25, 0.3) is 0 Å². The molecule has 0 fully saturated rings. The van der Waals surface area contributed by atoms with E-state index in [4.69, 9.17) is 0 Å². The lowest BCUT2D eigenvalue weighted by atomic mass is 10.1. The fourth-order valence-electron chi connectivity index (χ4n) is 2.58. The summed E-state index contributed by atoms with van der Waals surface area (Å²) in [5.74, 6) is -1.45. The first-order valence-electron chi connectivity index (χ1n) is 7.51. The normalized spacial score (nSPS) is 12.5. The highest BCUT2D eigenvalue weighted by atomic mass is 32.2. The maximum absolute atomic E-state index is 13.6. The highest BCUT2D eigenvalue weighted by Crippen LogP contribution is 2.31. The molecule has 0 unspecified atom stereocenters. The summed E-state index contributed by atoms with van der Waals surface area (Å²) in [7, 11) is -3.93. The van der Waals surface area contributed by atoms with Gasteiger partial charge in [0.15, 0.2) is 0 Å². The lowest BCUT2D eigenvalue weighted by Gasteiger charge is -2.11. The van der Waals surface area contributed by atoms with Crippen molar-refractivity contribution in [1.29, 1.82) is 0 Å². The molecule has 0 radical (unpaired) electrons. The van der Waals surface area contributed by atoms with Crippen LogP contribution in [0, 0.1) is 5.82 Å². The molecule has 0 bridgehead atoms. The fourth-order valence-corrected chi connectivity index (χ4v) is 3.83. The van der Waals surface area contributed by atoms with E-state index in [0.29, 0.717) is 17.5 Å². The number of sulfonamides is 1. The molecular formula is C18H13F4NO2S. The van der Waals surface area contributed by atoms with Gasteiger partial charge in [-0.05, 0) is 29.1 Å². The quantitative estimate of drug-likeness (QED) is 0.676. The molecular weight excluding hydrogens is 370 g/mol. The van der Waals surface area contributed by atoms with Crippen molar-refractivity contribution in [3.8, 4) is 0 Å². The molecule has 3 aromatic rings. The summed E-state index contributed by atoms with van der Waals surface area (Å²) < 4.78 is 78.7. The summed E-state index contributed by atoms with van der Waals surface area (Å²) in [4.78, 5) is 0.0444. The lowest BCUT2D eigenvalue weighted by molar-refractivity contribution is -0.140. The van der Waals surface area contributed by atoms with Gasteiger partial charge >= 0.3 is 6.18 Å². The van der Waals surface area contributed by atoms with Crippen LogP contribution in [0.25, 0.3) is 10.8 Å². The van der Waals surface area contributed by atoms with Crippen molar-refractivity contribution in [2.24, 2.45) is 0 Å². The molecule has 26 heavy (non-hydrogen) atoms. The van der Waals surface area contributed by atoms with Gasteiger partial charge in [0.05, 0.1) is 10.5 Å². The van der Waals surface area contributed by atoms with Crippen LogP contribution in [-0.2, 0) is 22.7 Å². The summed E-state index contributed by atoms with van der Waals surface area (Å²) in [6, 6.07) is 14.0. The zero-order valence-electron chi connectivity index (χ0n) is 13.2. The molecule has 3 aromatic carbocycles. The third-order valence-corrected chi connectivity index (χ3v) is 5.30. The number of alkyl halides is 3. The van der Waals surface area contributed by atoms with E-state index in [-0.39, 0.29) is 17.0 Å². The number of hydrogen-bond acceptors (Lipinski definition) is 2. The van der Waals surface area contributed by atoms with E-state index in [1.165, 1.54) is 6.07 Å².